The molecule has 1 aromatic carbocycles. The molecule has 1 aromatic heterocycles. The van der Waals surface area contributed by atoms with Crippen molar-refractivity contribution < 1.29 is 13.2 Å². The van der Waals surface area contributed by atoms with Crippen LogP contribution in [0.15, 0.2) is 30.5 Å². The van der Waals surface area contributed by atoms with Crippen molar-refractivity contribution >= 4 is 26.8 Å². The summed E-state index contributed by atoms with van der Waals surface area (Å²) in [5.41, 5.74) is 2.16. The lowest BCUT2D eigenvalue weighted by Crippen LogP contribution is -2.34. The summed E-state index contributed by atoms with van der Waals surface area (Å²) >= 11 is 0. The van der Waals surface area contributed by atoms with Crippen LogP contribution in [0.2, 0.25) is 0 Å². The number of nitrogens with two attached hydrogens (primary N) is 1. The van der Waals surface area contributed by atoms with Gasteiger partial charge in [-0.1, -0.05) is 25.1 Å². The van der Waals surface area contributed by atoms with Crippen molar-refractivity contribution in [1.29, 1.82) is 0 Å². The first-order valence-electron chi connectivity index (χ1n) is 7.71. The highest BCUT2D eigenvalue weighted by Crippen LogP contribution is 2.28. The number of aromatic nitrogens is 1. The third-order valence-corrected chi connectivity index (χ3v) is 5.91. The Morgan fingerprint density at radius 3 is 2.87 bits per heavy atom. The van der Waals surface area contributed by atoms with Crippen molar-refractivity contribution in [2.45, 2.75) is 30.9 Å². The summed E-state index contributed by atoms with van der Waals surface area (Å²) in [6.07, 6.45) is 2.73. The summed E-state index contributed by atoms with van der Waals surface area (Å²) in [5, 5.41) is 5.67. The van der Waals surface area contributed by atoms with Crippen LogP contribution in [-0.2, 0) is 14.8 Å². The van der Waals surface area contributed by atoms with Crippen LogP contribution in [0, 0.1) is 0 Å². The number of benzene rings is 1. The van der Waals surface area contributed by atoms with Gasteiger partial charge in [0.1, 0.15) is 0 Å². The number of sulfonamides is 1. The van der Waals surface area contributed by atoms with Crippen LogP contribution in [0.4, 0.5) is 0 Å². The number of para-hydroxylation sites is 1. The van der Waals surface area contributed by atoms with Crippen molar-refractivity contribution in [3.8, 4) is 0 Å². The number of rotatable bonds is 4. The zero-order valence-electron chi connectivity index (χ0n) is 13.0. The smallest absolute Gasteiger partial charge is 0.223 e. The number of hydrogen-bond donors (Lipinski definition) is 2. The highest BCUT2D eigenvalue weighted by molar-refractivity contribution is 7.89. The van der Waals surface area contributed by atoms with E-state index in [-0.39, 0.29) is 18.4 Å². The van der Waals surface area contributed by atoms with Crippen LogP contribution in [0.5, 0.6) is 0 Å². The average molecular weight is 335 g/mol. The first-order chi connectivity index (χ1) is 10.9. The third kappa shape index (κ3) is 3.25. The van der Waals surface area contributed by atoms with Crippen LogP contribution < -0.4 is 5.14 Å². The van der Waals surface area contributed by atoms with Gasteiger partial charge in [-0.15, -0.1) is 0 Å². The number of H-pyrrole nitrogens is 1. The van der Waals surface area contributed by atoms with Gasteiger partial charge in [-0.2, -0.15) is 0 Å². The number of hydrogen-bond acceptors (Lipinski definition) is 3. The summed E-state index contributed by atoms with van der Waals surface area (Å²) < 4.78 is 22.8. The summed E-state index contributed by atoms with van der Waals surface area (Å²) in [7, 11) is -3.57. The van der Waals surface area contributed by atoms with Crippen molar-refractivity contribution in [3.05, 3.63) is 36.0 Å². The second-order valence-corrected chi connectivity index (χ2v) is 8.08. The Kier molecular flexibility index (Phi) is 4.16. The quantitative estimate of drug-likeness (QED) is 0.887. The Bertz CT molecular complexity index is 828. The van der Waals surface area contributed by atoms with Gasteiger partial charge >= 0.3 is 0 Å². The Labute approximate surface area is 135 Å². The van der Waals surface area contributed by atoms with E-state index >= 15 is 0 Å². The zero-order valence-corrected chi connectivity index (χ0v) is 13.8. The molecule has 2 unspecified atom stereocenters. The molecule has 1 aliphatic heterocycles. The van der Waals surface area contributed by atoms with E-state index in [1.807, 2.05) is 37.4 Å². The van der Waals surface area contributed by atoms with Gasteiger partial charge in [-0.25, -0.2) is 13.6 Å². The van der Waals surface area contributed by atoms with Gasteiger partial charge in [-0.3, -0.25) is 4.79 Å². The molecule has 3 N–H and O–H groups in total. The summed E-state index contributed by atoms with van der Waals surface area (Å²) in [6, 6.07) is 7.99. The first kappa shape index (κ1) is 16.0. The number of primary sulfonamides is 1. The number of carbonyl (C=O) groups excluding carboxylic acids is 1. The molecular weight excluding hydrogens is 314 g/mol. The molecular formula is C16H21N3O3S. The van der Waals surface area contributed by atoms with E-state index in [4.69, 9.17) is 5.14 Å². The van der Waals surface area contributed by atoms with Gasteiger partial charge in [0.05, 0.1) is 5.25 Å². The molecule has 1 saturated heterocycles. The van der Waals surface area contributed by atoms with Gasteiger partial charge in [0.2, 0.25) is 15.9 Å². The predicted molar refractivity (Wildman–Crippen MR) is 89.4 cm³/mol. The minimum atomic E-state index is -3.57. The molecule has 23 heavy (non-hydrogen) atoms. The number of fused-ring (bicyclic) bond motifs is 1. The second-order valence-electron chi connectivity index (χ2n) is 6.23. The third-order valence-electron chi connectivity index (χ3n) is 4.60. The van der Waals surface area contributed by atoms with E-state index < -0.39 is 15.3 Å². The van der Waals surface area contributed by atoms with Crippen molar-refractivity contribution in [1.82, 2.24) is 9.88 Å². The maximum atomic E-state index is 12.4. The molecule has 124 valence electrons. The lowest BCUT2D eigenvalue weighted by Gasteiger charge is -2.19. The highest BCUT2D eigenvalue weighted by atomic mass is 32.2. The average Bonchev–Trinajstić information content (AvgIpc) is 3.14. The van der Waals surface area contributed by atoms with Crippen molar-refractivity contribution in [2.75, 3.05) is 13.1 Å². The van der Waals surface area contributed by atoms with Crippen molar-refractivity contribution in [3.63, 3.8) is 0 Å². The zero-order chi connectivity index (χ0) is 16.6. The maximum absolute atomic E-state index is 12.4. The molecule has 1 aliphatic rings. The number of nitrogens with zero attached hydrogens (tertiary/aromatic N) is 1. The van der Waals surface area contributed by atoms with Crippen LogP contribution in [-0.4, -0.2) is 42.5 Å². The number of aromatic amines is 1. The topological polar surface area (TPSA) is 96.3 Å². The molecule has 1 fully saturated rings. The molecule has 2 atom stereocenters. The predicted octanol–water partition coefficient (Wildman–Crippen LogP) is 1.55. The fourth-order valence-electron chi connectivity index (χ4n) is 3.23. The lowest BCUT2D eigenvalue weighted by atomic mass is 9.97. The number of carbonyl (C=O) groups is 1. The molecule has 0 radical (unpaired) electrons. The van der Waals surface area contributed by atoms with Gasteiger partial charge < -0.3 is 9.88 Å². The monoisotopic (exact) mass is 335 g/mol. The molecule has 6 nitrogen and oxygen atoms in total. The molecule has 2 aromatic rings. The molecule has 7 heteroatoms. The number of likely N-dealkylation sites (tertiary alicyclic amines) is 1. The van der Waals surface area contributed by atoms with Crippen molar-refractivity contribution in [2.24, 2.45) is 5.14 Å². The van der Waals surface area contributed by atoms with Gasteiger partial charge in [-0.05, 0) is 24.0 Å². The molecule has 0 bridgehead atoms. The molecule has 0 saturated carbocycles. The Morgan fingerprint density at radius 1 is 1.43 bits per heavy atom. The van der Waals surface area contributed by atoms with Gasteiger partial charge in [0, 0.05) is 36.6 Å². The fraction of sp³-hybridized carbons (Fsp3) is 0.438. The molecule has 0 aliphatic carbocycles. The van der Waals surface area contributed by atoms with Gasteiger partial charge in [0.15, 0.2) is 0 Å². The molecule has 1 amide bonds. The molecule has 3 rings (SSSR count). The minimum Gasteiger partial charge on any atom is -0.361 e. The van der Waals surface area contributed by atoms with Crippen LogP contribution >= 0.6 is 0 Å². The first-order valence-corrected chi connectivity index (χ1v) is 9.32. The number of amides is 1. The lowest BCUT2D eigenvalue weighted by molar-refractivity contribution is -0.130. The normalized spacial score (nSPS) is 20.1. The van der Waals surface area contributed by atoms with E-state index in [1.165, 1.54) is 0 Å². The Hall–Kier alpha value is -1.86. The SMILES string of the molecule is CC(CC(=O)N1CCC(S(N)(=O)=O)C1)c1c[nH]c2ccccc12. The standard InChI is InChI=1S/C16H21N3O3S/c1-11(14-9-18-15-5-3-2-4-13(14)15)8-16(20)19-7-6-12(10-19)23(17,21)22/h2-5,9,11-12,18H,6-8,10H2,1H3,(H2,17,21,22). The van der Waals surface area contributed by atoms with Crippen LogP contribution in [0.25, 0.3) is 10.9 Å². The highest BCUT2D eigenvalue weighted by Gasteiger charge is 2.33. The second kappa shape index (κ2) is 5.98. The molecule has 0 spiro atoms. The summed E-state index contributed by atoms with van der Waals surface area (Å²) in [5.74, 6) is 0.0427. The van der Waals surface area contributed by atoms with E-state index in [9.17, 15) is 13.2 Å². The number of nitrogens with one attached hydrogen (secondary N) is 1. The van der Waals surface area contributed by atoms with E-state index in [1.54, 1.807) is 4.90 Å². The van der Waals surface area contributed by atoms with E-state index in [0.717, 1.165) is 16.5 Å². The Morgan fingerprint density at radius 2 is 2.17 bits per heavy atom. The van der Waals surface area contributed by atoms with E-state index in [0.29, 0.717) is 19.4 Å². The summed E-state index contributed by atoms with van der Waals surface area (Å²) in [6.45, 7) is 2.68. The Balaban J connectivity index is 1.69. The summed E-state index contributed by atoms with van der Waals surface area (Å²) in [4.78, 5) is 17.3. The van der Waals surface area contributed by atoms with Gasteiger partial charge in [0.25, 0.3) is 0 Å². The maximum Gasteiger partial charge on any atom is 0.223 e. The van der Waals surface area contributed by atoms with Crippen LogP contribution in [0.1, 0.15) is 31.2 Å². The molecule has 2 heterocycles. The van der Waals surface area contributed by atoms with Crippen LogP contribution in [0.3, 0.4) is 0 Å². The fourth-order valence-corrected chi connectivity index (χ4v) is 4.05. The minimum absolute atomic E-state index is 0.0195. The largest absolute Gasteiger partial charge is 0.361 e. The van der Waals surface area contributed by atoms with E-state index in [2.05, 4.69) is 4.98 Å².